The SMILES string of the molecule is Cc1ccc(S(=O)(=O)Nc2cncnc2N[C@@H](Cc2ccc(OC(=O)N(C)C)cc2)C(=O)O)cc1. The number of aliphatic carboxylic acids is 1. The molecule has 11 nitrogen and oxygen atoms in total. The van der Waals surface area contributed by atoms with Gasteiger partial charge in [0, 0.05) is 20.5 Å². The zero-order valence-corrected chi connectivity index (χ0v) is 20.1. The number of carboxylic acids is 1. The fraction of sp³-hybridized carbons (Fsp3) is 0.217. The fourth-order valence-corrected chi connectivity index (χ4v) is 3.98. The number of aromatic nitrogens is 2. The van der Waals surface area contributed by atoms with E-state index in [4.69, 9.17) is 4.74 Å². The Bertz CT molecular complexity index is 1290. The van der Waals surface area contributed by atoms with E-state index in [9.17, 15) is 23.1 Å². The van der Waals surface area contributed by atoms with Gasteiger partial charge in [0.25, 0.3) is 10.0 Å². The summed E-state index contributed by atoms with van der Waals surface area (Å²) >= 11 is 0. The van der Waals surface area contributed by atoms with Crippen LogP contribution in [0.2, 0.25) is 0 Å². The predicted octanol–water partition coefficient (Wildman–Crippen LogP) is 2.75. The number of ether oxygens (including phenoxy) is 1. The summed E-state index contributed by atoms with van der Waals surface area (Å²) in [4.78, 5) is 32.8. The zero-order valence-electron chi connectivity index (χ0n) is 19.3. The number of hydrogen-bond acceptors (Lipinski definition) is 8. The topological polar surface area (TPSA) is 151 Å². The number of nitrogens with zero attached hydrogens (tertiary/aromatic N) is 3. The Labute approximate surface area is 202 Å². The van der Waals surface area contributed by atoms with Crippen LogP contribution in [0.3, 0.4) is 0 Å². The van der Waals surface area contributed by atoms with Crippen molar-refractivity contribution in [2.24, 2.45) is 0 Å². The second-order valence-electron chi connectivity index (χ2n) is 7.85. The van der Waals surface area contributed by atoms with Crippen LogP contribution in [0.1, 0.15) is 11.1 Å². The molecule has 1 aromatic heterocycles. The highest BCUT2D eigenvalue weighted by Gasteiger charge is 2.22. The summed E-state index contributed by atoms with van der Waals surface area (Å²) in [5.41, 5.74) is 1.55. The molecule has 3 rings (SSSR count). The Morgan fingerprint density at radius 2 is 1.74 bits per heavy atom. The Morgan fingerprint density at radius 1 is 1.09 bits per heavy atom. The molecular formula is C23H25N5O6S. The molecule has 0 saturated carbocycles. The van der Waals surface area contributed by atoms with Crippen molar-refractivity contribution < 1.29 is 27.9 Å². The summed E-state index contributed by atoms with van der Waals surface area (Å²) in [5, 5.41) is 12.5. The zero-order chi connectivity index (χ0) is 25.6. The van der Waals surface area contributed by atoms with Gasteiger partial charge in [-0.3, -0.25) is 4.72 Å². The summed E-state index contributed by atoms with van der Waals surface area (Å²) < 4.78 is 33.1. The van der Waals surface area contributed by atoms with E-state index in [1.54, 1.807) is 50.5 Å². The van der Waals surface area contributed by atoms with Crippen molar-refractivity contribution in [1.82, 2.24) is 14.9 Å². The quantitative estimate of drug-likeness (QED) is 0.404. The minimum atomic E-state index is -3.95. The summed E-state index contributed by atoms with van der Waals surface area (Å²) in [5.74, 6) is -0.838. The Balaban J connectivity index is 1.76. The largest absolute Gasteiger partial charge is 0.480 e. The molecule has 0 aliphatic carbocycles. The van der Waals surface area contributed by atoms with E-state index in [-0.39, 0.29) is 22.8 Å². The number of aryl methyl sites for hydroxylation is 1. The van der Waals surface area contributed by atoms with Gasteiger partial charge in [-0.2, -0.15) is 0 Å². The van der Waals surface area contributed by atoms with Gasteiger partial charge in [-0.15, -0.1) is 0 Å². The number of carbonyl (C=O) groups excluding carboxylic acids is 1. The first-order chi connectivity index (χ1) is 16.5. The van der Waals surface area contributed by atoms with Crippen LogP contribution in [0, 0.1) is 6.92 Å². The highest BCUT2D eigenvalue weighted by Crippen LogP contribution is 2.23. The van der Waals surface area contributed by atoms with E-state index in [2.05, 4.69) is 20.0 Å². The molecule has 1 atom stereocenters. The molecule has 0 aliphatic rings. The molecule has 0 saturated heterocycles. The minimum absolute atomic E-state index is 0.00488. The predicted molar refractivity (Wildman–Crippen MR) is 129 cm³/mol. The van der Waals surface area contributed by atoms with E-state index in [0.29, 0.717) is 11.3 Å². The van der Waals surface area contributed by atoms with Gasteiger partial charge >= 0.3 is 12.1 Å². The van der Waals surface area contributed by atoms with Gasteiger partial charge in [0.2, 0.25) is 0 Å². The lowest BCUT2D eigenvalue weighted by molar-refractivity contribution is -0.137. The van der Waals surface area contributed by atoms with Crippen molar-refractivity contribution in [1.29, 1.82) is 0 Å². The van der Waals surface area contributed by atoms with Crippen LogP contribution in [-0.4, -0.2) is 60.6 Å². The van der Waals surface area contributed by atoms with Gasteiger partial charge in [-0.05, 0) is 36.8 Å². The molecule has 1 amide bonds. The van der Waals surface area contributed by atoms with Crippen LogP contribution in [-0.2, 0) is 21.2 Å². The molecule has 2 aromatic carbocycles. The Kier molecular flexibility index (Phi) is 7.87. The molecule has 1 heterocycles. The number of carboxylic acid groups (broad SMARTS) is 1. The first kappa shape index (κ1) is 25.4. The van der Waals surface area contributed by atoms with Gasteiger partial charge in [-0.1, -0.05) is 29.8 Å². The van der Waals surface area contributed by atoms with Crippen LogP contribution in [0.15, 0.2) is 66.0 Å². The molecular weight excluding hydrogens is 474 g/mol. The highest BCUT2D eigenvalue weighted by atomic mass is 32.2. The molecule has 0 fully saturated rings. The van der Waals surface area contributed by atoms with Crippen LogP contribution >= 0.6 is 0 Å². The lowest BCUT2D eigenvalue weighted by atomic mass is 10.1. The third-order valence-electron chi connectivity index (χ3n) is 4.83. The van der Waals surface area contributed by atoms with E-state index < -0.39 is 28.1 Å². The standard InChI is InChI=1S/C23H25N5O6S/c1-15-4-10-18(11-5-15)35(32,33)27-20-13-24-14-25-21(20)26-19(22(29)30)12-16-6-8-17(9-7-16)34-23(31)28(2)3/h4-11,13-14,19,27H,12H2,1-3H3,(H,29,30)(H,24,25,26)/t19-/m0/s1. The lowest BCUT2D eigenvalue weighted by Crippen LogP contribution is -2.32. The maximum Gasteiger partial charge on any atom is 0.414 e. The first-order valence-corrected chi connectivity index (χ1v) is 11.9. The Morgan fingerprint density at radius 3 is 2.34 bits per heavy atom. The molecule has 12 heteroatoms. The van der Waals surface area contributed by atoms with Crippen molar-refractivity contribution in [3.63, 3.8) is 0 Å². The minimum Gasteiger partial charge on any atom is -0.480 e. The smallest absolute Gasteiger partial charge is 0.414 e. The first-order valence-electron chi connectivity index (χ1n) is 10.4. The number of carbonyl (C=O) groups is 2. The van der Waals surface area contributed by atoms with E-state index in [1.807, 2.05) is 6.92 Å². The monoisotopic (exact) mass is 499 g/mol. The summed E-state index contributed by atoms with van der Waals surface area (Å²) in [6.45, 7) is 1.84. The average Bonchev–Trinajstić information content (AvgIpc) is 2.81. The van der Waals surface area contributed by atoms with E-state index in [1.165, 1.54) is 29.6 Å². The maximum absolute atomic E-state index is 12.8. The molecule has 184 valence electrons. The second kappa shape index (κ2) is 10.8. The molecule has 0 radical (unpaired) electrons. The third-order valence-corrected chi connectivity index (χ3v) is 6.21. The Hall–Kier alpha value is -4.19. The molecule has 0 spiro atoms. The van der Waals surface area contributed by atoms with Gasteiger partial charge in [-0.25, -0.2) is 28.0 Å². The number of hydrogen-bond donors (Lipinski definition) is 3. The number of anilines is 2. The summed E-state index contributed by atoms with van der Waals surface area (Å²) in [7, 11) is -0.835. The van der Waals surface area contributed by atoms with Crippen LogP contribution in [0.25, 0.3) is 0 Å². The molecule has 0 unspecified atom stereocenters. The number of sulfonamides is 1. The molecule has 0 aliphatic heterocycles. The summed E-state index contributed by atoms with van der Waals surface area (Å²) in [6.07, 6.45) is 1.94. The number of benzene rings is 2. The van der Waals surface area contributed by atoms with Gasteiger partial charge in [0.15, 0.2) is 5.82 Å². The normalized spacial score (nSPS) is 11.9. The number of nitrogens with one attached hydrogen (secondary N) is 2. The molecule has 35 heavy (non-hydrogen) atoms. The second-order valence-corrected chi connectivity index (χ2v) is 9.53. The van der Waals surface area contributed by atoms with Crippen molar-refractivity contribution in [3.05, 3.63) is 72.2 Å². The fourth-order valence-electron chi connectivity index (χ4n) is 2.93. The van der Waals surface area contributed by atoms with Crippen molar-refractivity contribution in [2.45, 2.75) is 24.3 Å². The third kappa shape index (κ3) is 6.90. The molecule has 3 N–H and O–H groups in total. The van der Waals surface area contributed by atoms with Gasteiger partial charge in [0.05, 0.1) is 11.1 Å². The lowest BCUT2D eigenvalue weighted by Gasteiger charge is -2.18. The van der Waals surface area contributed by atoms with Crippen LogP contribution < -0.4 is 14.8 Å². The van der Waals surface area contributed by atoms with Crippen LogP contribution in [0.5, 0.6) is 5.75 Å². The molecule has 0 bridgehead atoms. The van der Waals surface area contributed by atoms with Crippen LogP contribution in [0.4, 0.5) is 16.3 Å². The molecule has 3 aromatic rings. The highest BCUT2D eigenvalue weighted by molar-refractivity contribution is 7.92. The number of amides is 1. The van der Waals surface area contributed by atoms with Crippen molar-refractivity contribution >= 4 is 33.6 Å². The number of rotatable bonds is 9. The van der Waals surface area contributed by atoms with E-state index in [0.717, 1.165) is 5.56 Å². The van der Waals surface area contributed by atoms with Crippen molar-refractivity contribution in [3.8, 4) is 5.75 Å². The van der Waals surface area contributed by atoms with E-state index >= 15 is 0 Å². The van der Waals surface area contributed by atoms with Crippen molar-refractivity contribution in [2.75, 3.05) is 24.1 Å². The van der Waals surface area contributed by atoms with Gasteiger partial charge in [0.1, 0.15) is 23.8 Å². The summed E-state index contributed by atoms with van der Waals surface area (Å²) in [6, 6.07) is 11.5. The average molecular weight is 500 g/mol. The van der Waals surface area contributed by atoms with Gasteiger partial charge < -0.3 is 20.1 Å². The maximum atomic E-state index is 12.8.